The monoisotopic (exact) mass is 187 g/mol. The number of hydrogen-bond donors (Lipinski definition) is 2. The second kappa shape index (κ2) is 4.38. The van der Waals surface area contributed by atoms with E-state index in [2.05, 4.69) is 4.52 Å². The lowest BCUT2D eigenvalue weighted by atomic mass is 10.2. The summed E-state index contributed by atoms with van der Waals surface area (Å²) in [6, 6.07) is 8.86. The quantitative estimate of drug-likeness (QED) is 0.547. The van der Waals surface area contributed by atoms with Gasteiger partial charge in [0.05, 0.1) is 0 Å². The van der Waals surface area contributed by atoms with Crippen LogP contribution in [0.2, 0.25) is 0 Å². The molecule has 0 heterocycles. The minimum Gasteiger partial charge on any atom is -0.326 e. The van der Waals surface area contributed by atoms with Gasteiger partial charge >= 0.3 is 8.25 Å². The fraction of sp³-hybridized carbons (Fsp3) is 0.143. The Balaban J connectivity index is 2.65. The van der Waals surface area contributed by atoms with Gasteiger partial charge in [0.25, 0.3) is 0 Å². The predicted octanol–water partition coefficient (Wildman–Crippen LogP) is 1.04. The summed E-state index contributed by atoms with van der Waals surface area (Å²) in [5.41, 5.74) is 6.12. The van der Waals surface area contributed by atoms with Crippen LogP contribution in [0.25, 0.3) is 0 Å². The van der Waals surface area contributed by atoms with Gasteiger partial charge in [-0.05, 0) is 5.56 Å². The van der Waals surface area contributed by atoms with Crippen molar-refractivity contribution in [3.8, 4) is 0 Å². The van der Waals surface area contributed by atoms with Crippen LogP contribution in [0.15, 0.2) is 30.3 Å². The van der Waals surface area contributed by atoms with E-state index in [9.17, 15) is 4.57 Å². The van der Waals surface area contributed by atoms with Crippen molar-refractivity contribution in [2.75, 3.05) is 0 Å². The van der Waals surface area contributed by atoms with Gasteiger partial charge in [-0.25, -0.2) is 0 Å². The third-order valence-electron chi connectivity index (χ3n) is 1.36. The normalized spacial score (nSPS) is 15.5. The molecule has 3 N–H and O–H groups in total. The Hall–Kier alpha value is -0.670. The molecule has 0 bridgehead atoms. The van der Waals surface area contributed by atoms with Gasteiger partial charge < -0.3 is 10.6 Å². The van der Waals surface area contributed by atoms with Crippen LogP contribution in [-0.4, -0.2) is 4.89 Å². The molecule has 1 aromatic rings. The minimum atomic E-state index is -2.96. The lowest BCUT2D eigenvalue weighted by Crippen LogP contribution is -2.10. The van der Waals surface area contributed by atoms with Crippen molar-refractivity contribution >= 4 is 8.25 Å². The van der Waals surface area contributed by atoms with Gasteiger partial charge in [0, 0.05) is 0 Å². The van der Waals surface area contributed by atoms with Crippen LogP contribution in [0.4, 0.5) is 0 Å². The molecule has 0 aromatic heterocycles. The van der Waals surface area contributed by atoms with E-state index in [0.717, 1.165) is 0 Å². The first kappa shape index (κ1) is 9.42. The topological polar surface area (TPSA) is 72.5 Å². The zero-order valence-corrected chi connectivity index (χ0v) is 7.31. The summed E-state index contributed by atoms with van der Waals surface area (Å²) in [4.78, 5) is 8.43. The molecule has 2 atom stereocenters. The van der Waals surface area contributed by atoms with Crippen LogP contribution in [0.5, 0.6) is 0 Å². The number of hydrogen-bond acceptors (Lipinski definition) is 3. The molecule has 4 nitrogen and oxygen atoms in total. The molecule has 2 unspecified atom stereocenters. The van der Waals surface area contributed by atoms with E-state index in [1.165, 1.54) is 0 Å². The van der Waals surface area contributed by atoms with Crippen molar-refractivity contribution in [1.82, 2.24) is 0 Å². The average Bonchev–Trinajstić information content (AvgIpc) is 2.05. The molecule has 0 aliphatic heterocycles. The highest BCUT2D eigenvalue weighted by atomic mass is 31.1. The van der Waals surface area contributed by atoms with E-state index >= 15 is 0 Å². The fourth-order valence-corrected chi connectivity index (χ4v) is 1.17. The molecular formula is C7H10NO3P. The van der Waals surface area contributed by atoms with Crippen LogP contribution in [0, 0.1) is 0 Å². The van der Waals surface area contributed by atoms with Gasteiger partial charge in [-0.1, -0.05) is 30.3 Å². The summed E-state index contributed by atoms with van der Waals surface area (Å²) in [5.74, 6) is 0. The van der Waals surface area contributed by atoms with Gasteiger partial charge in [-0.2, -0.15) is 0 Å². The minimum absolute atomic E-state index is 0.685. The first-order chi connectivity index (χ1) is 5.70. The first-order valence-corrected chi connectivity index (χ1v) is 4.66. The van der Waals surface area contributed by atoms with Crippen molar-refractivity contribution in [1.29, 1.82) is 0 Å². The summed E-state index contributed by atoms with van der Waals surface area (Å²) in [6.45, 7) is 0. The van der Waals surface area contributed by atoms with Crippen molar-refractivity contribution in [3.63, 3.8) is 0 Å². The predicted molar refractivity (Wildman–Crippen MR) is 45.7 cm³/mol. The van der Waals surface area contributed by atoms with Crippen molar-refractivity contribution in [2.45, 2.75) is 6.23 Å². The molecule has 0 aliphatic carbocycles. The number of rotatable bonds is 3. The van der Waals surface area contributed by atoms with Gasteiger partial charge in [-0.3, -0.25) is 9.09 Å². The zero-order chi connectivity index (χ0) is 8.97. The van der Waals surface area contributed by atoms with Crippen molar-refractivity contribution in [2.24, 2.45) is 5.73 Å². The molecule has 0 aliphatic rings. The van der Waals surface area contributed by atoms with E-state index < -0.39 is 14.5 Å². The molecular weight excluding hydrogens is 177 g/mol. The van der Waals surface area contributed by atoms with E-state index in [4.69, 9.17) is 10.6 Å². The smallest absolute Gasteiger partial charge is 0.318 e. The van der Waals surface area contributed by atoms with Crippen LogP contribution >= 0.6 is 8.25 Å². The largest absolute Gasteiger partial charge is 0.326 e. The molecule has 0 radical (unpaired) electrons. The van der Waals surface area contributed by atoms with Crippen LogP contribution in [-0.2, 0) is 9.09 Å². The van der Waals surface area contributed by atoms with Crippen molar-refractivity contribution in [3.05, 3.63) is 35.9 Å². The molecule has 66 valence electrons. The number of benzene rings is 1. The van der Waals surface area contributed by atoms with E-state index in [1.54, 1.807) is 24.3 Å². The molecule has 1 aromatic carbocycles. The third kappa shape index (κ3) is 2.75. The molecule has 0 saturated carbocycles. The van der Waals surface area contributed by atoms with Gasteiger partial charge in [-0.15, -0.1) is 0 Å². The zero-order valence-electron chi connectivity index (χ0n) is 6.31. The number of nitrogens with two attached hydrogens (primary N) is 1. The second-order valence-electron chi connectivity index (χ2n) is 2.22. The summed E-state index contributed by atoms with van der Waals surface area (Å²) in [5, 5.41) is 0. The standard InChI is InChI=1S/C7H10NO3P/c8-7(11-12(9)10)6-4-2-1-3-5-6/h1-5,7,12H,8H2,(H,9,10). The summed E-state index contributed by atoms with van der Waals surface area (Å²) in [7, 11) is -2.96. The van der Waals surface area contributed by atoms with Gasteiger partial charge in [0.1, 0.15) is 6.23 Å². The van der Waals surface area contributed by atoms with Crippen LogP contribution < -0.4 is 5.73 Å². The molecule has 0 saturated heterocycles. The maximum absolute atomic E-state index is 10.3. The maximum atomic E-state index is 10.3. The van der Waals surface area contributed by atoms with E-state index in [-0.39, 0.29) is 0 Å². The third-order valence-corrected chi connectivity index (χ3v) is 1.81. The molecule has 1 rings (SSSR count). The summed E-state index contributed by atoms with van der Waals surface area (Å²) < 4.78 is 14.8. The first-order valence-electron chi connectivity index (χ1n) is 3.40. The SMILES string of the molecule is NC(O[PH](=O)O)c1ccccc1. The Bertz CT molecular complexity index is 265. The second-order valence-corrected chi connectivity index (χ2v) is 2.98. The van der Waals surface area contributed by atoms with Gasteiger partial charge in [0.2, 0.25) is 0 Å². The Kier molecular flexibility index (Phi) is 3.44. The van der Waals surface area contributed by atoms with Crippen LogP contribution in [0.1, 0.15) is 11.8 Å². The highest BCUT2D eigenvalue weighted by molar-refractivity contribution is 7.32. The van der Waals surface area contributed by atoms with Crippen molar-refractivity contribution < 1.29 is 14.0 Å². The Morgan fingerprint density at radius 2 is 2.00 bits per heavy atom. The highest BCUT2D eigenvalue weighted by Gasteiger charge is 2.06. The van der Waals surface area contributed by atoms with E-state index in [1.807, 2.05) is 6.07 Å². The summed E-state index contributed by atoms with van der Waals surface area (Å²) in [6.07, 6.45) is -0.817. The highest BCUT2D eigenvalue weighted by Crippen LogP contribution is 2.24. The molecule has 0 fully saturated rings. The maximum Gasteiger partial charge on any atom is 0.318 e. The van der Waals surface area contributed by atoms with Crippen LogP contribution in [0.3, 0.4) is 0 Å². The summed E-state index contributed by atoms with van der Waals surface area (Å²) >= 11 is 0. The molecule has 0 amide bonds. The Morgan fingerprint density at radius 1 is 1.42 bits per heavy atom. The van der Waals surface area contributed by atoms with Gasteiger partial charge in [0.15, 0.2) is 0 Å². The Morgan fingerprint density at radius 3 is 2.50 bits per heavy atom. The molecule has 5 heteroatoms. The van der Waals surface area contributed by atoms with E-state index in [0.29, 0.717) is 5.56 Å². The average molecular weight is 187 g/mol. The Labute approximate surface area is 70.9 Å². The fourth-order valence-electron chi connectivity index (χ4n) is 0.819. The lowest BCUT2D eigenvalue weighted by Gasteiger charge is -2.09. The molecule has 0 spiro atoms. The lowest BCUT2D eigenvalue weighted by molar-refractivity contribution is 0.198. The molecule has 12 heavy (non-hydrogen) atoms.